The molecule has 3 rings (SSSR count). The maximum atomic E-state index is 12.8. The van der Waals surface area contributed by atoms with Gasteiger partial charge in [0.15, 0.2) is 17.8 Å². The summed E-state index contributed by atoms with van der Waals surface area (Å²) in [6.45, 7) is -0.411. The number of hydrogen-bond donors (Lipinski definition) is 2. The molecule has 7 nitrogen and oxygen atoms in total. The molecule has 27 heavy (non-hydrogen) atoms. The molecule has 2 amide bonds. The molecule has 0 spiro atoms. The third kappa shape index (κ3) is 4.62. The van der Waals surface area contributed by atoms with Crippen molar-refractivity contribution in [1.29, 1.82) is 0 Å². The van der Waals surface area contributed by atoms with Gasteiger partial charge in [0.05, 0.1) is 5.39 Å². The van der Waals surface area contributed by atoms with Crippen LogP contribution in [0.1, 0.15) is 10.6 Å². The quantitative estimate of drug-likeness (QED) is 0.667. The number of hydrazine groups is 1. The summed E-state index contributed by atoms with van der Waals surface area (Å²) in [5.41, 5.74) is 3.96. The molecule has 0 aliphatic heterocycles. The minimum absolute atomic E-state index is 0.183. The maximum absolute atomic E-state index is 12.8. The molecule has 0 saturated heterocycles. The largest absolute Gasteiger partial charge is 0.484 e. The Balaban J connectivity index is 1.59. The zero-order valence-electron chi connectivity index (χ0n) is 13.6. The molecule has 0 fully saturated rings. The summed E-state index contributed by atoms with van der Waals surface area (Å²) >= 11 is 5.82. The summed E-state index contributed by atoms with van der Waals surface area (Å²) in [5, 5.41) is 0.594. The van der Waals surface area contributed by atoms with Crippen molar-refractivity contribution in [3.05, 3.63) is 75.4 Å². The van der Waals surface area contributed by atoms with Gasteiger partial charge < -0.3 is 9.15 Å². The number of carbonyl (C=O) groups is 2. The minimum Gasteiger partial charge on any atom is -0.484 e. The zero-order valence-corrected chi connectivity index (χ0v) is 14.4. The smallest absolute Gasteiger partial charge is 0.305 e. The second-order valence-electron chi connectivity index (χ2n) is 5.36. The average Bonchev–Trinajstić information content (AvgIpc) is 2.66. The Hall–Kier alpha value is -3.39. The van der Waals surface area contributed by atoms with Crippen LogP contribution in [-0.2, 0) is 4.79 Å². The van der Waals surface area contributed by atoms with E-state index in [0.717, 1.165) is 6.07 Å². The summed E-state index contributed by atoms with van der Waals surface area (Å²) in [7, 11) is 0. The first-order valence-electron chi connectivity index (χ1n) is 7.63. The van der Waals surface area contributed by atoms with E-state index in [-0.39, 0.29) is 22.5 Å². The lowest BCUT2D eigenvalue weighted by Gasteiger charge is -2.08. The van der Waals surface area contributed by atoms with Gasteiger partial charge in [0.1, 0.15) is 17.1 Å². The van der Waals surface area contributed by atoms with Crippen molar-refractivity contribution in [2.45, 2.75) is 0 Å². The van der Waals surface area contributed by atoms with Crippen LogP contribution in [0.4, 0.5) is 4.39 Å². The van der Waals surface area contributed by atoms with E-state index >= 15 is 0 Å². The highest BCUT2D eigenvalue weighted by Crippen LogP contribution is 2.17. The Morgan fingerprint density at radius 2 is 1.81 bits per heavy atom. The van der Waals surface area contributed by atoms with Gasteiger partial charge in [-0.3, -0.25) is 25.2 Å². The van der Waals surface area contributed by atoms with Gasteiger partial charge in [-0.15, -0.1) is 0 Å². The molecule has 138 valence electrons. The van der Waals surface area contributed by atoms with Crippen molar-refractivity contribution < 1.29 is 23.1 Å². The molecule has 0 unspecified atom stereocenters. The number of amides is 2. The first-order chi connectivity index (χ1) is 12.9. The first-order valence-corrected chi connectivity index (χ1v) is 8.01. The fourth-order valence-electron chi connectivity index (χ4n) is 2.14. The van der Waals surface area contributed by atoms with Crippen molar-refractivity contribution in [2.24, 2.45) is 0 Å². The third-order valence-corrected chi connectivity index (χ3v) is 3.65. The average molecular weight is 391 g/mol. The van der Waals surface area contributed by atoms with E-state index in [4.69, 9.17) is 20.8 Å². The van der Waals surface area contributed by atoms with E-state index in [1.54, 1.807) is 0 Å². The molecule has 2 aromatic carbocycles. The van der Waals surface area contributed by atoms with Gasteiger partial charge in [-0.1, -0.05) is 11.6 Å². The van der Waals surface area contributed by atoms with Crippen molar-refractivity contribution in [3.8, 4) is 5.75 Å². The Bertz CT molecular complexity index is 1070. The Morgan fingerprint density at radius 1 is 1.07 bits per heavy atom. The number of hydrogen-bond acceptors (Lipinski definition) is 5. The van der Waals surface area contributed by atoms with Gasteiger partial charge in [-0.2, -0.15) is 0 Å². The van der Waals surface area contributed by atoms with Gasteiger partial charge in [-0.25, -0.2) is 4.39 Å². The van der Waals surface area contributed by atoms with Crippen LogP contribution < -0.4 is 21.0 Å². The molecule has 1 aromatic heterocycles. The predicted octanol–water partition coefficient (Wildman–Crippen LogP) is 2.43. The summed E-state index contributed by atoms with van der Waals surface area (Å²) < 4.78 is 23.3. The molecule has 0 aliphatic rings. The van der Waals surface area contributed by atoms with Gasteiger partial charge in [0, 0.05) is 11.1 Å². The molecule has 0 radical (unpaired) electrons. The number of benzene rings is 2. The predicted molar refractivity (Wildman–Crippen MR) is 95.0 cm³/mol. The lowest BCUT2D eigenvalue weighted by molar-refractivity contribution is -0.123. The lowest BCUT2D eigenvalue weighted by atomic mass is 10.2. The van der Waals surface area contributed by atoms with Crippen LogP contribution in [0.15, 0.2) is 57.7 Å². The lowest BCUT2D eigenvalue weighted by Crippen LogP contribution is -2.44. The van der Waals surface area contributed by atoms with E-state index in [0.29, 0.717) is 5.02 Å². The number of halogens is 2. The SMILES string of the molecule is O=C(COc1ccc(F)cc1)NNC(=O)c1cc(=O)c2cc(Cl)ccc2o1. The van der Waals surface area contributed by atoms with Crippen molar-refractivity contribution in [2.75, 3.05) is 6.61 Å². The third-order valence-electron chi connectivity index (χ3n) is 3.41. The number of nitrogens with one attached hydrogen (secondary N) is 2. The van der Waals surface area contributed by atoms with Crippen molar-refractivity contribution in [1.82, 2.24) is 10.9 Å². The molecular formula is C18H12ClFN2O5. The first kappa shape index (κ1) is 18.4. The second kappa shape index (κ2) is 7.88. The fraction of sp³-hybridized carbons (Fsp3) is 0.0556. The summed E-state index contributed by atoms with van der Waals surface area (Å²) in [5.74, 6) is -1.91. The monoisotopic (exact) mass is 390 g/mol. The molecule has 0 bridgehead atoms. The summed E-state index contributed by atoms with van der Waals surface area (Å²) in [6, 6.07) is 10.5. The topological polar surface area (TPSA) is 97.6 Å². The number of rotatable bonds is 4. The molecule has 9 heteroatoms. The van der Waals surface area contributed by atoms with Crippen LogP contribution in [0.2, 0.25) is 5.02 Å². The molecule has 1 heterocycles. The Morgan fingerprint density at radius 3 is 2.56 bits per heavy atom. The molecule has 3 aromatic rings. The van der Waals surface area contributed by atoms with Crippen LogP contribution in [0, 0.1) is 5.82 Å². The van der Waals surface area contributed by atoms with E-state index in [2.05, 4.69) is 10.9 Å². The second-order valence-corrected chi connectivity index (χ2v) is 5.80. The molecule has 0 atom stereocenters. The fourth-order valence-corrected chi connectivity index (χ4v) is 2.32. The van der Waals surface area contributed by atoms with Crippen molar-refractivity contribution >= 4 is 34.4 Å². The highest BCUT2D eigenvalue weighted by molar-refractivity contribution is 6.31. The summed E-state index contributed by atoms with van der Waals surface area (Å²) in [6.07, 6.45) is 0. The van der Waals surface area contributed by atoms with Crippen LogP contribution in [0.5, 0.6) is 5.75 Å². The maximum Gasteiger partial charge on any atom is 0.305 e. The van der Waals surface area contributed by atoms with Gasteiger partial charge in [0.2, 0.25) is 0 Å². The van der Waals surface area contributed by atoms with Gasteiger partial charge >= 0.3 is 5.91 Å². The van der Waals surface area contributed by atoms with Gasteiger partial charge in [0.25, 0.3) is 5.91 Å². The van der Waals surface area contributed by atoms with Crippen LogP contribution in [0.3, 0.4) is 0 Å². The highest BCUT2D eigenvalue weighted by Gasteiger charge is 2.13. The van der Waals surface area contributed by atoms with Gasteiger partial charge in [-0.05, 0) is 42.5 Å². The number of fused-ring (bicyclic) bond motifs is 1. The van der Waals surface area contributed by atoms with E-state index in [9.17, 15) is 18.8 Å². The van der Waals surface area contributed by atoms with E-state index in [1.807, 2.05) is 0 Å². The minimum atomic E-state index is -0.820. The van der Waals surface area contributed by atoms with E-state index in [1.165, 1.54) is 42.5 Å². The molecular weight excluding hydrogens is 379 g/mol. The highest BCUT2D eigenvalue weighted by atomic mass is 35.5. The van der Waals surface area contributed by atoms with Crippen molar-refractivity contribution in [3.63, 3.8) is 0 Å². The van der Waals surface area contributed by atoms with E-state index < -0.39 is 29.7 Å². The number of ether oxygens (including phenoxy) is 1. The molecule has 2 N–H and O–H groups in total. The standard InChI is InChI=1S/C18H12ClFN2O5/c19-10-1-6-15-13(7-10)14(23)8-16(27-15)18(25)22-21-17(24)9-26-12-4-2-11(20)3-5-12/h1-8H,9H2,(H,21,24)(H,22,25). The summed E-state index contributed by atoms with van der Waals surface area (Å²) in [4.78, 5) is 35.8. The molecule has 0 saturated carbocycles. The zero-order chi connectivity index (χ0) is 19.4. The Kier molecular flexibility index (Phi) is 5.37. The van der Waals surface area contributed by atoms with Crippen LogP contribution in [0.25, 0.3) is 11.0 Å². The van der Waals surface area contributed by atoms with Crippen LogP contribution in [-0.4, -0.2) is 18.4 Å². The molecule has 0 aliphatic carbocycles. The Labute approximate surface area is 156 Å². The number of carbonyl (C=O) groups excluding carboxylic acids is 2. The van der Waals surface area contributed by atoms with Crippen LogP contribution >= 0.6 is 11.6 Å². The normalized spacial score (nSPS) is 10.4.